The van der Waals surface area contributed by atoms with Crippen molar-refractivity contribution < 1.29 is 14.2 Å². The van der Waals surface area contributed by atoms with Crippen LogP contribution in [0.3, 0.4) is 0 Å². The van der Waals surface area contributed by atoms with Crippen LogP contribution in [0.2, 0.25) is 0 Å². The van der Waals surface area contributed by atoms with Gasteiger partial charge in [-0.15, -0.1) is 0 Å². The summed E-state index contributed by atoms with van der Waals surface area (Å²) in [6, 6.07) is 3.72. The second kappa shape index (κ2) is 6.23. The number of nitrogens with one attached hydrogen (secondary N) is 1. The molecule has 2 rings (SSSR count). The Morgan fingerprint density at radius 2 is 2.00 bits per heavy atom. The minimum atomic E-state index is -0.174. The Kier molecular flexibility index (Phi) is 4.63. The van der Waals surface area contributed by atoms with Crippen molar-refractivity contribution in [2.24, 2.45) is 5.73 Å². The molecule has 1 aliphatic rings. The van der Waals surface area contributed by atoms with E-state index in [1.54, 1.807) is 14.2 Å². The molecule has 5 nitrogen and oxygen atoms in total. The maximum Gasteiger partial charge on any atom is 0.161 e. The number of rotatable bonds is 4. The highest BCUT2D eigenvalue weighted by Crippen LogP contribution is 2.33. The number of benzene rings is 1. The van der Waals surface area contributed by atoms with Gasteiger partial charge in [-0.3, -0.25) is 0 Å². The van der Waals surface area contributed by atoms with Crippen molar-refractivity contribution in [2.45, 2.75) is 19.1 Å². The Labute approximate surface area is 114 Å². The van der Waals surface area contributed by atoms with Gasteiger partial charge in [0.05, 0.1) is 33.0 Å². The number of methoxy groups -OCH3 is 2. The van der Waals surface area contributed by atoms with Crippen LogP contribution in [0.25, 0.3) is 0 Å². The summed E-state index contributed by atoms with van der Waals surface area (Å²) in [5.41, 5.74) is 8.44. The minimum Gasteiger partial charge on any atom is -0.493 e. The Balaban J connectivity index is 2.27. The number of ether oxygens (including phenoxy) is 3. The lowest BCUT2D eigenvalue weighted by Crippen LogP contribution is -2.44. The third kappa shape index (κ3) is 3.00. The molecule has 1 aromatic rings. The molecule has 2 atom stereocenters. The highest BCUT2D eigenvalue weighted by Gasteiger charge is 2.25. The SMILES string of the molecule is COc1cc(C)c(C(N)C2CNCCO2)cc1OC. The summed E-state index contributed by atoms with van der Waals surface area (Å²) in [4.78, 5) is 0. The molecule has 0 aromatic heterocycles. The highest BCUT2D eigenvalue weighted by atomic mass is 16.5. The van der Waals surface area contributed by atoms with Crippen LogP contribution >= 0.6 is 0 Å². The Morgan fingerprint density at radius 1 is 1.32 bits per heavy atom. The molecule has 0 radical (unpaired) electrons. The van der Waals surface area contributed by atoms with E-state index in [-0.39, 0.29) is 12.1 Å². The summed E-state index contributed by atoms with van der Waals surface area (Å²) in [5, 5.41) is 3.30. The highest BCUT2D eigenvalue weighted by molar-refractivity contribution is 5.48. The third-order valence-corrected chi connectivity index (χ3v) is 3.49. The van der Waals surface area contributed by atoms with E-state index in [2.05, 4.69) is 5.32 Å². The van der Waals surface area contributed by atoms with Gasteiger partial charge in [0.25, 0.3) is 0 Å². The molecule has 3 N–H and O–H groups in total. The molecule has 2 unspecified atom stereocenters. The van der Waals surface area contributed by atoms with Gasteiger partial charge in [-0.25, -0.2) is 0 Å². The molecule has 0 amide bonds. The number of nitrogens with two attached hydrogens (primary N) is 1. The molecule has 1 fully saturated rings. The molecule has 1 aromatic carbocycles. The van der Waals surface area contributed by atoms with Gasteiger partial charge in [0.2, 0.25) is 0 Å². The van der Waals surface area contributed by atoms with E-state index >= 15 is 0 Å². The van der Waals surface area contributed by atoms with Crippen molar-refractivity contribution in [3.05, 3.63) is 23.3 Å². The first-order chi connectivity index (χ1) is 9.17. The fourth-order valence-electron chi connectivity index (χ4n) is 2.37. The standard InChI is InChI=1S/C14H22N2O3/c1-9-6-11(17-2)12(18-3)7-10(9)14(15)13-8-16-4-5-19-13/h6-7,13-14,16H,4-5,8,15H2,1-3H3. The number of hydrogen-bond donors (Lipinski definition) is 2. The first-order valence-corrected chi connectivity index (χ1v) is 6.47. The van der Waals surface area contributed by atoms with Gasteiger partial charge in [0.1, 0.15) is 0 Å². The second-order valence-electron chi connectivity index (χ2n) is 4.70. The molecule has 1 heterocycles. The van der Waals surface area contributed by atoms with Gasteiger partial charge in [-0.1, -0.05) is 0 Å². The second-order valence-corrected chi connectivity index (χ2v) is 4.70. The lowest BCUT2D eigenvalue weighted by Gasteiger charge is -2.30. The summed E-state index contributed by atoms with van der Waals surface area (Å²) in [6.07, 6.45) is -0.00875. The van der Waals surface area contributed by atoms with E-state index in [1.807, 2.05) is 19.1 Å². The fraction of sp³-hybridized carbons (Fsp3) is 0.571. The largest absolute Gasteiger partial charge is 0.493 e. The summed E-state index contributed by atoms with van der Waals surface area (Å²) in [7, 11) is 3.26. The zero-order valence-electron chi connectivity index (χ0n) is 11.7. The molecule has 1 aliphatic heterocycles. The van der Waals surface area contributed by atoms with Crippen LogP contribution in [0.1, 0.15) is 17.2 Å². The van der Waals surface area contributed by atoms with Gasteiger partial charge >= 0.3 is 0 Å². The van der Waals surface area contributed by atoms with Crippen molar-refractivity contribution in [3.63, 3.8) is 0 Å². The lowest BCUT2D eigenvalue weighted by molar-refractivity contribution is 0.0120. The first kappa shape index (κ1) is 14.1. The topological polar surface area (TPSA) is 65.7 Å². The van der Waals surface area contributed by atoms with E-state index in [0.29, 0.717) is 12.4 Å². The average molecular weight is 266 g/mol. The van der Waals surface area contributed by atoms with Crippen molar-refractivity contribution in [1.29, 1.82) is 0 Å². The normalized spacial score (nSPS) is 20.9. The molecule has 0 bridgehead atoms. The molecule has 0 spiro atoms. The van der Waals surface area contributed by atoms with E-state index in [9.17, 15) is 0 Å². The minimum absolute atomic E-state index is 0.00875. The van der Waals surface area contributed by atoms with Crippen LogP contribution < -0.4 is 20.5 Å². The van der Waals surface area contributed by atoms with Crippen molar-refractivity contribution in [2.75, 3.05) is 33.9 Å². The number of hydrogen-bond acceptors (Lipinski definition) is 5. The van der Waals surface area contributed by atoms with Crippen LogP contribution in [-0.4, -0.2) is 40.0 Å². The van der Waals surface area contributed by atoms with Crippen molar-refractivity contribution in [1.82, 2.24) is 5.32 Å². The Bertz CT molecular complexity index is 431. The van der Waals surface area contributed by atoms with Crippen LogP contribution in [-0.2, 0) is 4.74 Å². The smallest absolute Gasteiger partial charge is 0.161 e. The van der Waals surface area contributed by atoms with Gasteiger partial charge in [-0.2, -0.15) is 0 Å². The van der Waals surface area contributed by atoms with Crippen LogP contribution in [0.15, 0.2) is 12.1 Å². The predicted molar refractivity (Wildman–Crippen MR) is 73.8 cm³/mol. The summed E-state index contributed by atoms with van der Waals surface area (Å²) >= 11 is 0. The summed E-state index contributed by atoms with van der Waals surface area (Å²) in [5.74, 6) is 1.42. The lowest BCUT2D eigenvalue weighted by atomic mass is 9.96. The van der Waals surface area contributed by atoms with Crippen LogP contribution in [0, 0.1) is 6.92 Å². The van der Waals surface area contributed by atoms with E-state index < -0.39 is 0 Å². The Morgan fingerprint density at radius 3 is 2.58 bits per heavy atom. The van der Waals surface area contributed by atoms with E-state index in [4.69, 9.17) is 19.9 Å². The van der Waals surface area contributed by atoms with Crippen molar-refractivity contribution in [3.8, 4) is 11.5 Å². The van der Waals surface area contributed by atoms with E-state index in [1.165, 1.54) is 0 Å². The zero-order valence-corrected chi connectivity index (χ0v) is 11.7. The van der Waals surface area contributed by atoms with Gasteiger partial charge < -0.3 is 25.3 Å². The summed E-state index contributed by atoms with van der Waals surface area (Å²) < 4.78 is 16.3. The molecule has 0 aliphatic carbocycles. The fourth-order valence-corrected chi connectivity index (χ4v) is 2.37. The van der Waals surface area contributed by atoms with Gasteiger partial charge in [0, 0.05) is 13.1 Å². The molecule has 5 heteroatoms. The van der Waals surface area contributed by atoms with Crippen LogP contribution in [0.5, 0.6) is 11.5 Å². The average Bonchev–Trinajstić information content (AvgIpc) is 2.47. The summed E-state index contributed by atoms with van der Waals surface area (Å²) in [6.45, 7) is 4.38. The Hall–Kier alpha value is -1.30. The van der Waals surface area contributed by atoms with E-state index in [0.717, 1.165) is 30.0 Å². The maximum atomic E-state index is 6.32. The first-order valence-electron chi connectivity index (χ1n) is 6.47. The molecular formula is C14H22N2O3. The maximum absolute atomic E-state index is 6.32. The van der Waals surface area contributed by atoms with Gasteiger partial charge in [-0.05, 0) is 30.2 Å². The molecular weight excluding hydrogens is 244 g/mol. The molecule has 1 saturated heterocycles. The molecule has 0 saturated carbocycles. The zero-order chi connectivity index (χ0) is 13.8. The van der Waals surface area contributed by atoms with Gasteiger partial charge in [0.15, 0.2) is 11.5 Å². The van der Waals surface area contributed by atoms with Crippen molar-refractivity contribution >= 4 is 0 Å². The van der Waals surface area contributed by atoms with Crippen LogP contribution in [0.4, 0.5) is 0 Å². The number of aryl methyl sites for hydroxylation is 1. The molecule has 19 heavy (non-hydrogen) atoms. The monoisotopic (exact) mass is 266 g/mol. The number of morpholine rings is 1. The molecule has 106 valence electrons. The third-order valence-electron chi connectivity index (χ3n) is 3.49. The predicted octanol–water partition coefficient (Wildman–Crippen LogP) is 1.00. The quantitative estimate of drug-likeness (QED) is 0.851.